The Balaban J connectivity index is 2.28. The third-order valence-electron chi connectivity index (χ3n) is 1.67. The number of rotatable bonds is 0. The fourth-order valence-corrected chi connectivity index (χ4v) is 2.03. The van der Waals surface area contributed by atoms with Crippen molar-refractivity contribution in [3.8, 4) is 0 Å². The molecule has 0 radical (unpaired) electrons. The van der Waals surface area contributed by atoms with E-state index in [2.05, 4.69) is 6.92 Å². The van der Waals surface area contributed by atoms with E-state index >= 15 is 0 Å². The third-order valence-corrected chi connectivity index (χ3v) is 3.07. The Morgan fingerprint density at radius 1 is 1.62 bits per heavy atom. The van der Waals surface area contributed by atoms with E-state index in [1.807, 2.05) is 11.8 Å². The molecule has 1 nitrogen and oxygen atoms in total. The summed E-state index contributed by atoms with van der Waals surface area (Å²) in [6, 6.07) is 0.466. The molecule has 2 N–H and O–H groups in total. The van der Waals surface area contributed by atoms with Crippen molar-refractivity contribution in [2.45, 2.75) is 31.1 Å². The van der Waals surface area contributed by atoms with Crippen molar-refractivity contribution >= 4 is 11.8 Å². The summed E-state index contributed by atoms with van der Waals surface area (Å²) in [6.07, 6.45) is 2.55. The normalized spacial score (nSPS) is 39.8. The molecular formula is C6H13NS. The van der Waals surface area contributed by atoms with Crippen LogP contribution in [0.25, 0.3) is 0 Å². The van der Waals surface area contributed by atoms with E-state index in [-0.39, 0.29) is 0 Å². The van der Waals surface area contributed by atoms with Crippen LogP contribution in [0, 0.1) is 0 Å². The molecule has 0 saturated carbocycles. The standard InChI is InChI=1S/C6H13NS/c1-5-6(7)3-2-4-8-5/h5-6H,2-4,7H2,1H3. The minimum absolute atomic E-state index is 0.466. The summed E-state index contributed by atoms with van der Waals surface area (Å²) in [5.41, 5.74) is 5.76. The molecule has 0 bridgehead atoms. The van der Waals surface area contributed by atoms with Gasteiger partial charge in [-0.3, -0.25) is 0 Å². The highest BCUT2D eigenvalue weighted by molar-refractivity contribution is 7.99. The SMILES string of the molecule is CC1SCCCC1N. The van der Waals surface area contributed by atoms with Crippen molar-refractivity contribution in [3.05, 3.63) is 0 Å². The van der Waals surface area contributed by atoms with E-state index in [0.717, 1.165) is 0 Å². The molecule has 1 heterocycles. The summed E-state index contributed by atoms with van der Waals surface area (Å²) in [6.45, 7) is 2.22. The Morgan fingerprint density at radius 2 is 2.38 bits per heavy atom. The Bertz CT molecular complexity index is 64.9. The third kappa shape index (κ3) is 1.39. The van der Waals surface area contributed by atoms with E-state index in [4.69, 9.17) is 5.73 Å². The first-order chi connectivity index (χ1) is 3.80. The molecule has 2 unspecified atom stereocenters. The minimum Gasteiger partial charge on any atom is -0.327 e. The Hall–Kier alpha value is 0.310. The highest BCUT2D eigenvalue weighted by Crippen LogP contribution is 2.23. The van der Waals surface area contributed by atoms with Crippen molar-refractivity contribution in [1.82, 2.24) is 0 Å². The van der Waals surface area contributed by atoms with Crippen LogP contribution in [0.15, 0.2) is 0 Å². The second kappa shape index (κ2) is 2.74. The van der Waals surface area contributed by atoms with Gasteiger partial charge in [-0.05, 0) is 18.6 Å². The average Bonchev–Trinajstić information content (AvgIpc) is 1.77. The fourth-order valence-electron chi connectivity index (χ4n) is 0.947. The molecule has 0 aromatic rings. The molecule has 48 valence electrons. The molecule has 0 aromatic heterocycles. The van der Waals surface area contributed by atoms with Gasteiger partial charge in [-0.2, -0.15) is 11.8 Å². The van der Waals surface area contributed by atoms with Gasteiger partial charge < -0.3 is 5.73 Å². The quantitative estimate of drug-likeness (QED) is 0.535. The zero-order valence-corrected chi connectivity index (χ0v) is 6.08. The van der Waals surface area contributed by atoms with Gasteiger partial charge in [-0.15, -0.1) is 0 Å². The lowest BCUT2D eigenvalue weighted by Gasteiger charge is -2.24. The summed E-state index contributed by atoms with van der Waals surface area (Å²) in [5.74, 6) is 1.31. The molecule has 8 heavy (non-hydrogen) atoms. The van der Waals surface area contributed by atoms with Gasteiger partial charge in [-0.1, -0.05) is 6.92 Å². The molecule has 1 rings (SSSR count). The van der Waals surface area contributed by atoms with Gasteiger partial charge in [-0.25, -0.2) is 0 Å². The van der Waals surface area contributed by atoms with Crippen molar-refractivity contribution < 1.29 is 0 Å². The van der Waals surface area contributed by atoms with Gasteiger partial charge in [0, 0.05) is 11.3 Å². The molecule has 1 fully saturated rings. The van der Waals surface area contributed by atoms with E-state index in [0.29, 0.717) is 11.3 Å². The summed E-state index contributed by atoms with van der Waals surface area (Å²) in [7, 11) is 0. The second-order valence-corrected chi connectivity index (χ2v) is 3.87. The van der Waals surface area contributed by atoms with Crippen molar-refractivity contribution in [2.24, 2.45) is 5.73 Å². The van der Waals surface area contributed by atoms with Crippen LogP contribution < -0.4 is 5.73 Å². The minimum atomic E-state index is 0.466. The summed E-state index contributed by atoms with van der Waals surface area (Å²) in [4.78, 5) is 0. The lowest BCUT2D eigenvalue weighted by atomic mass is 10.1. The van der Waals surface area contributed by atoms with Crippen LogP contribution in [0.2, 0.25) is 0 Å². The zero-order valence-electron chi connectivity index (χ0n) is 5.26. The molecule has 2 atom stereocenters. The first kappa shape index (κ1) is 6.43. The lowest BCUT2D eigenvalue weighted by Crippen LogP contribution is -2.33. The first-order valence-electron chi connectivity index (χ1n) is 3.18. The molecule has 1 aliphatic heterocycles. The Labute approximate surface area is 55.0 Å². The van der Waals surface area contributed by atoms with Gasteiger partial charge in [0.2, 0.25) is 0 Å². The Kier molecular flexibility index (Phi) is 2.20. The number of thioether (sulfide) groups is 1. The van der Waals surface area contributed by atoms with E-state index in [1.165, 1.54) is 18.6 Å². The summed E-state index contributed by atoms with van der Waals surface area (Å²) < 4.78 is 0. The molecule has 0 aromatic carbocycles. The molecular weight excluding hydrogens is 118 g/mol. The van der Waals surface area contributed by atoms with Crippen LogP contribution in [0.4, 0.5) is 0 Å². The monoisotopic (exact) mass is 131 g/mol. The van der Waals surface area contributed by atoms with E-state index in [9.17, 15) is 0 Å². The van der Waals surface area contributed by atoms with Gasteiger partial charge in [0.1, 0.15) is 0 Å². The van der Waals surface area contributed by atoms with Crippen molar-refractivity contribution in [2.75, 3.05) is 5.75 Å². The topological polar surface area (TPSA) is 26.0 Å². The maximum atomic E-state index is 5.76. The number of hydrogen-bond donors (Lipinski definition) is 1. The Morgan fingerprint density at radius 3 is 2.75 bits per heavy atom. The van der Waals surface area contributed by atoms with Crippen LogP contribution in [-0.4, -0.2) is 17.0 Å². The van der Waals surface area contributed by atoms with Gasteiger partial charge >= 0.3 is 0 Å². The first-order valence-corrected chi connectivity index (χ1v) is 4.23. The zero-order chi connectivity index (χ0) is 5.98. The van der Waals surface area contributed by atoms with Gasteiger partial charge in [0.15, 0.2) is 0 Å². The predicted octanol–water partition coefficient (Wildman–Crippen LogP) is 1.23. The molecule has 2 heteroatoms. The van der Waals surface area contributed by atoms with Gasteiger partial charge in [0.25, 0.3) is 0 Å². The molecule has 1 aliphatic rings. The van der Waals surface area contributed by atoms with Crippen LogP contribution in [0.3, 0.4) is 0 Å². The largest absolute Gasteiger partial charge is 0.327 e. The van der Waals surface area contributed by atoms with Crippen molar-refractivity contribution in [1.29, 1.82) is 0 Å². The number of nitrogens with two attached hydrogens (primary N) is 1. The summed E-state index contributed by atoms with van der Waals surface area (Å²) >= 11 is 2.00. The van der Waals surface area contributed by atoms with E-state index in [1.54, 1.807) is 0 Å². The summed E-state index contributed by atoms with van der Waals surface area (Å²) in [5, 5.41) is 0.698. The van der Waals surface area contributed by atoms with Crippen LogP contribution in [0.5, 0.6) is 0 Å². The lowest BCUT2D eigenvalue weighted by molar-refractivity contribution is 0.583. The van der Waals surface area contributed by atoms with Crippen LogP contribution in [0.1, 0.15) is 19.8 Å². The smallest absolute Gasteiger partial charge is 0.0170 e. The average molecular weight is 131 g/mol. The molecule has 1 saturated heterocycles. The van der Waals surface area contributed by atoms with E-state index < -0.39 is 0 Å². The van der Waals surface area contributed by atoms with Crippen molar-refractivity contribution in [3.63, 3.8) is 0 Å². The highest BCUT2D eigenvalue weighted by atomic mass is 32.2. The maximum absolute atomic E-state index is 5.76. The number of hydrogen-bond acceptors (Lipinski definition) is 2. The molecule has 0 amide bonds. The fraction of sp³-hybridized carbons (Fsp3) is 1.00. The van der Waals surface area contributed by atoms with Crippen LogP contribution >= 0.6 is 11.8 Å². The predicted molar refractivity (Wildman–Crippen MR) is 39.1 cm³/mol. The maximum Gasteiger partial charge on any atom is 0.0170 e. The van der Waals surface area contributed by atoms with Crippen LogP contribution in [-0.2, 0) is 0 Å². The highest BCUT2D eigenvalue weighted by Gasteiger charge is 2.16. The second-order valence-electron chi connectivity index (χ2n) is 2.38. The molecule has 0 aliphatic carbocycles. The molecule has 0 spiro atoms. The van der Waals surface area contributed by atoms with Gasteiger partial charge in [0.05, 0.1) is 0 Å².